The third-order valence-corrected chi connectivity index (χ3v) is 3.01. The van der Waals surface area contributed by atoms with Gasteiger partial charge in [0.2, 0.25) is 0 Å². The number of carboxylic acid groups (broad SMARTS) is 2. The summed E-state index contributed by atoms with van der Waals surface area (Å²) in [5, 5.41) is 18.5. The van der Waals surface area contributed by atoms with Gasteiger partial charge < -0.3 is 14.9 Å². The molecular weight excluding hydrogens is 296 g/mol. The summed E-state index contributed by atoms with van der Waals surface area (Å²) in [5.41, 5.74) is 0.198. The Bertz CT molecular complexity index is 696. The van der Waals surface area contributed by atoms with Crippen molar-refractivity contribution in [2.24, 2.45) is 0 Å². The molecule has 6 heteroatoms. The molecule has 2 rings (SSSR count). The molecule has 0 saturated heterocycles. The van der Waals surface area contributed by atoms with E-state index in [1.165, 1.54) is 12.1 Å². The van der Waals surface area contributed by atoms with Crippen LogP contribution in [0.1, 0.15) is 26.3 Å². The largest absolute Gasteiger partial charge is 0.489 e. The van der Waals surface area contributed by atoms with Crippen LogP contribution >= 0.6 is 11.6 Å². The van der Waals surface area contributed by atoms with Crippen molar-refractivity contribution in [2.75, 3.05) is 0 Å². The van der Waals surface area contributed by atoms with Gasteiger partial charge in [-0.05, 0) is 30.3 Å². The fourth-order valence-corrected chi connectivity index (χ4v) is 1.93. The summed E-state index contributed by atoms with van der Waals surface area (Å²) in [6, 6.07) is 10.6. The van der Waals surface area contributed by atoms with Gasteiger partial charge in [-0.3, -0.25) is 0 Å². The molecule has 0 fully saturated rings. The lowest BCUT2D eigenvalue weighted by atomic mass is 10.0. The van der Waals surface area contributed by atoms with E-state index in [1.807, 2.05) is 0 Å². The van der Waals surface area contributed by atoms with Gasteiger partial charge in [-0.25, -0.2) is 9.59 Å². The van der Waals surface area contributed by atoms with E-state index in [-0.39, 0.29) is 17.7 Å². The van der Waals surface area contributed by atoms with E-state index in [0.717, 1.165) is 6.07 Å². The minimum atomic E-state index is -1.21. The number of rotatable bonds is 5. The first-order chi connectivity index (χ1) is 9.97. The minimum Gasteiger partial charge on any atom is -0.489 e. The van der Waals surface area contributed by atoms with E-state index in [4.69, 9.17) is 26.6 Å². The molecule has 5 nitrogen and oxygen atoms in total. The van der Waals surface area contributed by atoms with Crippen molar-refractivity contribution in [3.05, 3.63) is 64.2 Å². The van der Waals surface area contributed by atoms with E-state index in [1.54, 1.807) is 24.3 Å². The molecule has 2 aromatic rings. The SMILES string of the molecule is O=C(O)c1ccc(COc2cccc(Cl)c2)c(C(=O)O)c1. The average Bonchev–Trinajstić information content (AvgIpc) is 2.44. The monoisotopic (exact) mass is 306 g/mol. The molecule has 0 aliphatic rings. The third-order valence-electron chi connectivity index (χ3n) is 2.78. The van der Waals surface area contributed by atoms with Gasteiger partial charge in [0.25, 0.3) is 0 Å². The summed E-state index contributed by atoms with van der Waals surface area (Å²) < 4.78 is 5.47. The highest BCUT2D eigenvalue weighted by molar-refractivity contribution is 6.30. The highest BCUT2D eigenvalue weighted by Gasteiger charge is 2.14. The molecular formula is C15H11ClO5. The lowest BCUT2D eigenvalue weighted by Crippen LogP contribution is -2.08. The number of halogens is 1. The molecule has 21 heavy (non-hydrogen) atoms. The number of hydrogen-bond donors (Lipinski definition) is 2. The van der Waals surface area contributed by atoms with Crippen LogP contribution in [0.25, 0.3) is 0 Å². The molecule has 0 bridgehead atoms. The number of ether oxygens (including phenoxy) is 1. The minimum absolute atomic E-state index is 0.00186. The molecule has 0 amide bonds. The maximum Gasteiger partial charge on any atom is 0.336 e. The molecule has 2 N–H and O–H groups in total. The fourth-order valence-electron chi connectivity index (χ4n) is 1.75. The first-order valence-electron chi connectivity index (χ1n) is 5.95. The molecule has 0 aromatic heterocycles. The summed E-state index contributed by atoms with van der Waals surface area (Å²) in [4.78, 5) is 22.1. The van der Waals surface area contributed by atoms with Gasteiger partial charge in [0.1, 0.15) is 12.4 Å². The lowest BCUT2D eigenvalue weighted by Gasteiger charge is -2.10. The van der Waals surface area contributed by atoms with Gasteiger partial charge in [-0.15, -0.1) is 0 Å². The summed E-state index contributed by atoms with van der Waals surface area (Å²) in [6.45, 7) is 0.00186. The number of carboxylic acids is 2. The van der Waals surface area contributed by atoms with E-state index in [0.29, 0.717) is 16.3 Å². The molecule has 0 saturated carbocycles. The standard InChI is InChI=1S/C15H11ClO5/c16-11-2-1-3-12(7-11)21-8-10-5-4-9(14(17)18)6-13(10)15(19)20/h1-7H,8H2,(H,17,18)(H,19,20). The first kappa shape index (κ1) is 14.9. The van der Waals surface area contributed by atoms with Crippen molar-refractivity contribution in [3.8, 4) is 5.75 Å². The van der Waals surface area contributed by atoms with Gasteiger partial charge in [-0.2, -0.15) is 0 Å². The van der Waals surface area contributed by atoms with Gasteiger partial charge in [-0.1, -0.05) is 23.7 Å². The Morgan fingerprint density at radius 3 is 2.43 bits per heavy atom. The normalized spacial score (nSPS) is 10.1. The second kappa shape index (κ2) is 6.28. The predicted molar refractivity (Wildman–Crippen MR) is 76.1 cm³/mol. The number of hydrogen-bond acceptors (Lipinski definition) is 3. The van der Waals surface area contributed by atoms with Crippen LogP contribution in [-0.2, 0) is 6.61 Å². The summed E-state index contributed by atoms with van der Waals surface area (Å²) in [5.74, 6) is -1.89. The molecule has 0 spiro atoms. The Morgan fingerprint density at radius 2 is 1.81 bits per heavy atom. The van der Waals surface area contributed by atoms with Crippen molar-refractivity contribution in [3.63, 3.8) is 0 Å². The third kappa shape index (κ3) is 3.73. The van der Waals surface area contributed by atoms with Crippen molar-refractivity contribution in [1.82, 2.24) is 0 Å². The second-order valence-corrected chi connectivity index (χ2v) is 4.66. The zero-order chi connectivity index (χ0) is 15.4. The zero-order valence-corrected chi connectivity index (χ0v) is 11.5. The fraction of sp³-hybridized carbons (Fsp3) is 0.0667. The van der Waals surface area contributed by atoms with Crippen molar-refractivity contribution >= 4 is 23.5 Å². The summed E-state index contributed by atoms with van der Waals surface area (Å²) in [7, 11) is 0. The molecule has 108 valence electrons. The van der Waals surface area contributed by atoms with Crippen molar-refractivity contribution in [2.45, 2.75) is 6.61 Å². The van der Waals surface area contributed by atoms with Gasteiger partial charge in [0, 0.05) is 10.6 Å². The molecule has 0 heterocycles. The maximum atomic E-state index is 11.2. The van der Waals surface area contributed by atoms with Crippen LogP contribution in [0.5, 0.6) is 5.75 Å². The summed E-state index contributed by atoms with van der Waals surface area (Å²) in [6.07, 6.45) is 0. The molecule has 0 unspecified atom stereocenters. The highest BCUT2D eigenvalue weighted by Crippen LogP contribution is 2.20. The quantitative estimate of drug-likeness (QED) is 0.885. The van der Waals surface area contributed by atoms with Gasteiger partial charge in [0.15, 0.2) is 0 Å². The molecule has 0 aliphatic carbocycles. The maximum absolute atomic E-state index is 11.2. The highest BCUT2D eigenvalue weighted by atomic mass is 35.5. The van der Waals surface area contributed by atoms with Crippen LogP contribution in [-0.4, -0.2) is 22.2 Å². The van der Waals surface area contributed by atoms with Crippen LogP contribution in [0.2, 0.25) is 5.02 Å². The van der Waals surface area contributed by atoms with E-state index < -0.39 is 11.9 Å². The topological polar surface area (TPSA) is 83.8 Å². The van der Waals surface area contributed by atoms with Crippen LogP contribution in [0, 0.1) is 0 Å². The number of benzene rings is 2. The summed E-state index contributed by atoms with van der Waals surface area (Å²) >= 11 is 5.82. The molecule has 0 aliphatic heterocycles. The first-order valence-corrected chi connectivity index (χ1v) is 6.33. The smallest absolute Gasteiger partial charge is 0.336 e. The number of aromatic carboxylic acids is 2. The van der Waals surface area contributed by atoms with Gasteiger partial charge in [0.05, 0.1) is 11.1 Å². The van der Waals surface area contributed by atoms with E-state index in [2.05, 4.69) is 0 Å². The number of carbonyl (C=O) groups is 2. The second-order valence-electron chi connectivity index (χ2n) is 4.23. The van der Waals surface area contributed by atoms with Gasteiger partial charge >= 0.3 is 11.9 Å². The Morgan fingerprint density at radius 1 is 1.05 bits per heavy atom. The zero-order valence-electron chi connectivity index (χ0n) is 10.7. The van der Waals surface area contributed by atoms with Crippen molar-refractivity contribution in [1.29, 1.82) is 0 Å². The van der Waals surface area contributed by atoms with E-state index >= 15 is 0 Å². The molecule has 0 radical (unpaired) electrons. The predicted octanol–water partition coefficient (Wildman–Crippen LogP) is 3.32. The Hall–Kier alpha value is -2.53. The Labute approximate surface area is 125 Å². The average molecular weight is 307 g/mol. The van der Waals surface area contributed by atoms with Crippen LogP contribution in [0.4, 0.5) is 0 Å². The van der Waals surface area contributed by atoms with Crippen LogP contribution in [0.15, 0.2) is 42.5 Å². The van der Waals surface area contributed by atoms with E-state index in [9.17, 15) is 9.59 Å². The van der Waals surface area contributed by atoms with Crippen LogP contribution < -0.4 is 4.74 Å². The molecule has 0 atom stereocenters. The van der Waals surface area contributed by atoms with Crippen molar-refractivity contribution < 1.29 is 24.5 Å². The Balaban J connectivity index is 2.23. The van der Waals surface area contributed by atoms with Crippen LogP contribution in [0.3, 0.4) is 0 Å². The Kier molecular flexibility index (Phi) is 4.45. The lowest BCUT2D eigenvalue weighted by molar-refractivity contribution is 0.0694. The molecule has 2 aromatic carbocycles.